The Morgan fingerprint density at radius 2 is 1.91 bits per heavy atom. The first-order valence-corrected chi connectivity index (χ1v) is 10.8. The topological polar surface area (TPSA) is 83.8 Å². The van der Waals surface area contributed by atoms with E-state index in [4.69, 9.17) is 9.15 Å². The highest BCUT2D eigenvalue weighted by Gasteiger charge is 2.32. The van der Waals surface area contributed by atoms with E-state index in [9.17, 15) is 14.0 Å². The summed E-state index contributed by atoms with van der Waals surface area (Å²) in [7, 11) is 0. The number of carbonyl (C=O) groups excluding carboxylic acids is 2. The van der Waals surface area contributed by atoms with Gasteiger partial charge in [-0.15, -0.1) is 0 Å². The van der Waals surface area contributed by atoms with Gasteiger partial charge in [0.2, 0.25) is 5.91 Å². The molecule has 8 heteroatoms. The molecule has 1 fully saturated rings. The highest BCUT2D eigenvalue weighted by Crippen LogP contribution is 2.29. The molecule has 1 atom stereocenters. The quantitative estimate of drug-likeness (QED) is 0.538. The van der Waals surface area contributed by atoms with Gasteiger partial charge in [-0.3, -0.25) is 9.69 Å². The molecule has 2 heterocycles. The molecule has 1 saturated heterocycles. The number of aryl methyl sites for hydroxylation is 1. The van der Waals surface area contributed by atoms with Crippen LogP contribution >= 0.6 is 0 Å². The Hall–Kier alpha value is -3.65. The van der Waals surface area contributed by atoms with Crippen LogP contribution in [0.3, 0.4) is 0 Å². The number of cyclic esters (lactones) is 1. The van der Waals surface area contributed by atoms with Gasteiger partial charge in [-0.25, -0.2) is 9.18 Å². The second kappa shape index (κ2) is 9.87. The molecule has 0 spiro atoms. The average molecular weight is 451 g/mol. The maximum absolute atomic E-state index is 14.9. The van der Waals surface area contributed by atoms with Crippen molar-refractivity contribution in [1.29, 1.82) is 0 Å². The summed E-state index contributed by atoms with van der Waals surface area (Å²) in [6, 6.07) is 16.2. The first-order valence-electron chi connectivity index (χ1n) is 10.8. The predicted molar refractivity (Wildman–Crippen MR) is 122 cm³/mol. The van der Waals surface area contributed by atoms with Crippen molar-refractivity contribution in [3.05, 3.63) is 77.5 Å². The Labute approximate surface area is 191 Å². The van der Waals surface area contributed by atoms with Gasteiger partial charge in [0.25, 0.3) is 0 Å². The molecule has 7 nitrogen and oxygen atoms in total. The van der Waals surface area contributed by atoms with E-state index in [1.807, 2.05) is 43.3 Å². The van der Waals surface area contributed by atoms with Crippen molar-refractivity contribution < 1.29 is 23.1 Å². The van der Waals surface area contributed by atoms with E-state index in [1.165, 1.54) is 17.9 Å². The molecule has 0 aliphatic carbocycles. The van der Waals surface area contributed by atoms with E-state index in [2.05, 4.69) is 10.6 Å². The number of hydrogen-bond donors (Lipinski definition) is 2. The standard InChI is InChI=1S/C25H26FN3O4/c1-16-3-9-21(32-16)13-27-12-18-4-6-19(7-5-18)23-10-8-20(11-24(23)26)29-15-22(33-25(29)31)14-28-17(2)30/h3-11,22,27H,12-15H2,1-2H3,(H,28,30)/t22-/m0/s1. The lowest BCUT2D eigenvalue weighted by atomic mass is 10.0. The number of carbonyl (C=O) groups is 2. The molecule has 1 aromatic heterocycles. The van der Waals surface area contributed by atoms with Crippen LogP contribution in [0.25, 0.3) is 11.1 Å². The van der Waals surface area contributed by atoms with Crippen molar-refractivity contribution >= 4 is 17.7 Å². The molecule has 0 saturated carbocycles. The van der Waals surface area contributed by atoms with Gasteiger partial charge in [-0.2, -0.15) is 0 Å². The fourth-order valence-corrected chi connectivity index (χ4v) is 3.71. The van der Waals surface area contributed by atoms with Crippen LogP contribution in [-0.2, 0) is 22.6 Å². The minimum absolute atomic E-state index is 0.200. The largest absolute Gasteiger partial charge is 0.465 e. The number of anilines is 1. The molecule has 3 aromatic rings. The minimum atomic E-state index is -0.556. The van der Waals surface area contributed by atoms with E-state index in [0.29, 0.717) is 24.3 Å². The van der Waals surface area contributed by atoms with Gasteiger partial charge in [-0.05, 0) is 48.4 Å². The number of nitrogens with zero attached hydrogens (tertiary/aromatic N) is 1. The maximum Gasteiger partial charge on any atom is 0.414 e. The molecule has 4 rings (SSSR count). The van der Waals surface area contributed by atoms with Gasteiger partial charge in [0.15, 0.2) is 0 Å². The summed E-state index contributed by atoms with van der Waals surface area (Å²) < 4.78 is 25.7. The lowest BCUT2D eigenvalue weighted by molar-refractivity contribution is -0.119. The van der Waals surface area contributed by atoms with Crippen LogP contribution in [0.5, 0.6) is 0 Å². The minimum Gasteiger partial charge on any atom is -0.465 e. The first-order chi connectivity index (χ1) is 15.9. The lowest BCUT2D eigenvalue weighted by Crippen LogP contribution is -2.33. The van der Waals surface area contributed by atoms with E-state index < -0.39 is 18.0 Å². The molecule has 2 aromatic carbocycles. The molecule has 0 unspecified atom stereocenters. The number of halogens is 1. The van der Waals surface area contributed by atoms with Crippen LogP contribution in [0, 0.1) is 12.7 Å². The van der Waals surface area contributed by atoms with E-state index in [1.54, 1.807) is 12.1 Å². The zero-order chi connectivity index (χ0) is 23.4. The molecule has 0 bridgehead atoms. The second-order valence-electron chi connectivity index (χ2n) is 8.03. The normalized spacial score (nSPS) is 15.5. The Bertz CT molecular complexity index is 1140. The Balaban J connectivity index is 1.37. The van der Waals surface area contributed by atoms with Gasteiger partial charge in [0, 0.05) is 19.0 Å². The Kier molecular flexibility index (Phi) is 6.74. The summed E-state index contributed by atoms with van der Waals surface area (Å²) in [4.78, 5) is 24.6. The molecule has 1 aliphatic heterocycles. The molecule has 1 aliphatic rings. The number of benzene rings is 2. The van der Waals surface area contributed by atoms with Crippen LogP contribution in [-0.4, -0.2) is 31.2 Å². The third kappa shape index (κ3) is 5.59. The van der Waals surface area contributed by atoms with E-state index >= 15 is 0 Å². The molecule has 2 amide bonds. The molecule has 2 N–H and O–H groups in total. The number of amides is 2. The number of rotatable bonds is 8. The van der Waals surface area contributed by atoms with Crippen molar-refractivity contribution in [3.63, 3.8) is 0 Å². The number of hydrogen-bond acceptors (Lipinski definition) is 5. The smallest absolute Gasteiger partial charge is 0.414 e. The van der Waals surface area contributed by atoms with Crippen LogP contribution in [0.15, 0.2) is 59.0 Å². The Morgan fingerprint density at radius 1 is 1.12 bits per heavy atom. The number of furan rings is 1. The molecule has 172 valence electrons. The Morgan fingerprint density at radius 3 is 2.58 bits per heavy atom. The van der Waals surface area contributed by atoms with Crippen molar-refractivity contribution in [2.45, 2.75) is 33.0 Å². The van der Waals surface area contributed by atoms with Crippen molar-refractivity contribution in [2.75, 3.05) is 18.0 Å². The third-order valence-corrected chi connectivity index (χ3v) is 5.41. The summed E-state index contributed by atoms with van der Waals surface area (Å²) in [6.07, 6.45) is -1.03. The van der Waals surface area contributed by atoms with E-state index in [-0.39, 0.29) is 19.0 Å². The average Bonchev–Trinajstić information content (AvgIpc) is 3.38. The monoisotopic (exact) mass is 451 g/mol. The predicted octanol–water partition coefficient (Wildman–Crippen LogP) is 4.15. The van der Waals surface area contributed by atoms with Crippen molar-refractivity contribution in [3.8, 4) is 11.1 Å². The maximum atomic E-state index is 14.9. The van der Waals surface area contributed by atoms with Crippen molar-refractivity contribution in [2.24, 2.45) is 0 Å². The fraction of sp³-hybridized carbons (Fsp3) is 0.280. The number of nitrogens with one attached hydrogen (secondary N) is 2. The van der Waals surface area contributed by atoms with Crippen molar-refractivity contribution in [1.82, 2.24) is 10.6 Å². The molecule has 0 radical (unpaired) electrons. The fourth-order valence-electron chi connectivity index (χ4n) is 3.71. The summed E-state index contributed by atoms with van der Waals surface area (Å²) in [5.74, 6) is 1.14. The summed E-state index contributed by atoms with van der Waals surface area (Å²) >= 11 is 0. The van der Waals surface area contributed by atoms with Crippen LogP contribution < -0.4 is 15.5 Å². The second-order valence-corrected chi connectivity index (χ2v) is 8.03. The third-order valence-electron chi connectivity index (χ3n) is 5.41. The summed E-state index contributed by atoms with van der Waals surface area (Å²) in [5, 5.41) is 5.95. The zero-order valence-corrected chi connectivity index (χ0v) is 18.6. The van der Waals surface area contributed by atoms with Crippen LogP contribution in [0.2, 0.25) is 0 Å². The summed E-state index contributed by atoms with van der Waals surface area (Å²) in [5.41, 5.74) is 2.69. The van der Waals surface area contributed by atoms with Crippen LogP contribution in [0.4, 0.5) is 14.9 Å². The van der Waals surface area contributed by atoms with Gasteiger partial charge in [-0.1, -0.05) is 24.3 Å². The zero-order valence-electron chi connectivity index (χ0n) is 18.6. The summed E-state index contributed by atoms with van der Waals surface area (Å²) in [6.45, 7) is 5.08. The molecule has 33 heavy (non-hydrogen) atoms. The number of ether oxygens (including phenoxy) is 1. The SMILES string of the molecule is CC(=O)NC[C@H]1CN(c2ccc(-c3ccc(CNCc4ccc(C)o4)cc3)c(F)c2)C(=O)O1. The first kappa shape index (κ1) is 22.5. The molecular formula is C25H26FN3O4. The molecular weight excluding hydrogens is 425 g/mol. The van der Waals surface area contributed by atoms with Crippen LogP contribution in [0.1, 0.15) is 24.0 Å². The van der Waals surface area contributed by atoms with Gasteiger partial charge >= 0.3 is 6.09 Å². The van der Waals surface area contributed by atoms with Gasteiger partial charge < -0.3 is 19.8 Å². The highest BCUT2D eigenvalue weighted by molar-refractivity contribution is 5.90. The lowest BCUT2D eigenvalue weighted by Gasteiger charge is -2.15. The van der Waals surface area contributed by atoms with E-state index in [0.717, 1.165) is 22.6 Å². The van der Waals surface area contributed by atoms with Gasteiger partial charge in [0.1, 0.15) is 23.4 Å². The van der Waals surface area contributed by atoms with Gasteiger partial charge in [0.05, 0.1) is 25.3 Å². The highest BCUT2D eigenvalue weighted by atomic mass is 19.1.